The lowest BCUT2D eigenvalue weighted by molar-refractivity contribution is 0.0701. The number of hydrogen-bond acceptors (Lipinski definition) is 5. The number of anilines is 1. The molecule has 0 aliphatic rings. The molecule has 0 radical (unpaired) electrons. The number of aryl methyl sites for hydroxylation is 1. The number of hydrogen-bond donors (Lipinski definition) is 1. The molecule has 1 rings (SSSR count). The molecule has 1 aromatic rings. The van der Waals surface area contributed by atoms with Gasteiger partial charge in [-0.25, -0.2) is 9.78 Å². The average Bonchev–Trinajstić information content (AvgIpc) is 2.72. The second kappa shape index (κ2) is 5.97. The lowest BCUT2D eigenvalue weighted by atomic mass is 10.3. The largest absolute Gasteiger partial charge is 0.477 e. The topological polar surface area (TPSA) is 62.7 Å². The van der Waals surface area contributed by atoms with Crippen LogP contribution in [0.4, 0.5) is 5.13 Å². The van der Waals surface area contributed by atoms with E-state index in [0.717, 1.165) is 5.13 Å². The Kier molecular flexibility index (Phi) is 4.89. The van der Waals surface area contributed by atoms with Gasteiger partial charge in [0.1, 0.15) is 4.88 Å². The number of carbonyl (C=O) groups is 1. The molecule has 96 valence electrons. The Morgan fingerprint density at radius 2 is 2.29 bits per heavy atom. The number of methoxy groups -OCH3 is 1. The van der Waals surface area contributed by atoms with Crippen LogP contribution in [-0.4, -0.2) is 42.9 Å². The highest BCUT2D eigenvalue weighted by Crippen LogP contribution is 2.27. The summed E-state index contributed by atoms with van der Waals surface area (Å²) in [5, 5.41) is 9.79. The van der Waals surface area contributed by atoms with Crippen molar-refractivity contribution in [1.82, 2.24) is 4.98 Å². The summed E-state index contributed by atoms with van der Waals surface area (Å²) in [5.74, 6) is -0.904. The zero-order valence-electron chi connectivity index (χ0n) is 10.6. The van der Waals surface area contributed by atoms with Gasteiger partial charge in [-0.05, 0) is 13.3 Å². The van der Waals surface area contributed by atoms with Crippen LogP contribution in [0.25, 0.3) is 0 Å². The maximum Gasteiger partial charge on any atom is 0.347 e. The van der Waals surface area contributed by atoms with Gasteiger partial charge >= 0.3 is 5.97 Å². The monoisotopic (exact) mass is 258 g/mol. The Hall–Kier alpha value is -1.14. The van der Waals surface area contributed by atoms with Crippen molar-refractivity contribution in [3.8, 4) is 0 Å². The second-order valence-electron chi connectivity index (χ2n) is 3.85. The van der Waals surface area contributed by atoms with Crippen LogP contribution in [-0.2, 0) is 11.2 Å². The first kappa shape index (κ1) is 13.9. The predicted octanol–water partition coefficient (Wildman–Crippen LogP) is 1.87. The molecule has 0 fully saturated rings. The van der Waals surface area contributed by atoms with E-state index < -0.39 is 5.97 Å². The molecule has 0 aliphatic heterocycles. The third-order valence-corrected chi connectivity index (χ3v) is 3.76. The van der Waals surface area contributed by atoms with Gasteiger partial charge in [-0.2, -0.15) is 0 Å². The number of aromatic nitrogens is 1. The van der Waals surface area contributed by atoms with Gasteiger partial charge in [0.05, 0.1) is 18.3 Å². The number of carboxylic acid groups (broad SMARTS) is 1. The van der Waals surface area contributed by atoms with Crippen LogP contribution in [0.1, 0.15) is 29.2 Å². The smallest absolute Gasteiger partial charge is 0.347 e. The minimum atomic E-state index is -0.904. The molecule has 0 spiro atoms. The van der Waals surface area contributed by atoms with Gasteiger partial charge in [0.15, 0.2) is 5.13 Å². The Morgan fingerprint density at radius 3 is 2.71 bits per heavy atom. The first-order valence-electron chi connectivity index (χ1n) is 5.46. The van der Waals surface area contributed by atoms with Crippen LogP contribution in [0.15, 0.2) is 0 Å². The third kappa shape index (κ3) is 3.17. The summed E-state index contributed by atoms with van der Waals surface area (Å²) in [4.78, 5) is 17.7. The summed E-state index contributed by atoms with van der Waals surface area (Å²) in [7, 11) is 3.54. The van der Waals surface area contributed by atoms with Crippen LogP contribution in [0, 0.1) is 0 Å². The molecule has 1 atom stereocenters. The zero-order valence-corrected chi connectivity index (χ0v) is 11.4. The van der Waals surface area contributed by atoms with E-state index >= 15 is 0 Å². The van der Waals surface area contributed by atoms with Crippen LogP contribution >= 0.6 is 11.3 Å². The van der Waals surface area contributed by atoms with Crippen molar-refractivity contribution < 1.29 is 14.6 Å². The summed E-state index contributed by atoms with van der Waals surface area (Å²) in [6, 6.07) is 0.164. The Labute approximate surface area is 105 Å². The number of likely N-dealkylation sites (N-methyl/N-ethyl adjacent to an activating group) is 1. The lowest BCUT2D eigenvalue weighted by Crippen LogP contribution is -2.32. The molecular weight excluding hydrogens is 240 g/mol. The molecule has 6 heteroatoms. The Bertz CT molecular complexity index is 392. The van der Waals surface area contributed by atoms with E-state index in [9.17, 15) is 4.79 Å². The quantitative estimate of drug-likeness (QED) is 0.844. The first-order valence-corrected chi connectivity index (χ1v) is 6.27. The van der Waals surface area contributed by atoms with Gasteiger partial charge in [-0.3, -0.25) is 0 Å². The Morgan fingerprint density at radius 1 is 1.65 bits per heavy atom. The van der Waals surface area contributed by atoms with Crippen molar-refractivity contribution in [3.05, 3.63) is 10.6 Å². The molecule has 5 nitrogen and oxygen atoms in total. The van der Waals surface area contributed by atoms with E-state index in [-0.39, 0.29) is 6.04 Å². The fraction of sp³-hybridized carbons (Fsp3) is 0.636. The molecule has 1 N–H and O–H groups in total. The highest BCUT2D eigenvalue weighted by atomic mass is 32.1. The molecule has 1 aromatic heterocycles. The molecule has 0 saturated heterocycles. The summed E-state index contributed by atoms with van der Waals surface area (Å²) in [5.41, 5.74) is 0.647. The van der Waals surface area contributed by atoms with Crippen LogP contribution in [0.2, 0.25) is 0 Å². The summed E-state index contributed by atoms with van der Waals surface area (Å²) in [6.07, 6.45) is 0.630. The van der Waals surface area contributed by atoms with E-state index in [1.807, 2.05) is 25.8 Å². The lowest BCUT2D eigenvalue weighted by Gasteiger charge is -2.23. The number of aromatic carboxylic acids is 1. The number of ether oxygens (including phenoxy) is 1. The number of rotatable bonds is 6. The van der Waals surface area contributed by atoms with E-state index in [0.29, 0.717) is 23.6 Å². The van der Waals surface area contributed by atoms with Gasteiger partial charge in [0, 0.05) is 14.2 Å². The predicted molar refractivity (Wildman–Crippen MR) is 68.2 cm³/mol. The van der Waals surface area contributed by atoms with Crippen molar-refractivity contribution in [2.75, 3.05) is 25.7 Å². The molecule has 0 bridgehead atoms. The highest BCUT2D eigenvalue weighted by Gasteiger charge is 2.20. The fourth-order valence-electron chi connectivity index (χ4n) is 1.44. The summed E-state index contributed by atoms with van der Waals surface area (Å²) in [6.45, 7) is 4.50. The van der Waals surface area contributed by atoms with Gasteiger partial charge in [-0.15, -0.1) is 0 Å². The molecule has 0 aliphatic carbocycles. The summed E-state index contributed by atoms with van der Waals surface area (Å²) < 4.78 is 5.08. The van der Waals surface area contributed by atoms with E-state index in [4.69, 9.17) is 9.84 Å². The Balaban J connectivity index is 2.95. The van der Waals surface area contributed by atoms with Crippen molar-refractivity contribution in [3.63, 3.8) is 0 Å². The highest BCUT2D eigenvalue weighted by molar-refractivity contribution is 7.17. The van der Waals surface area contributed by atoms with Crippen LogP contribution < -0.4 is 4.90 Å². The van der Waals surface area contributed by atoms with E-state index in [1.165, 1.54) is 11.3 Å². The van der Waals surface area contributed by atoms with Gasteiger partial charge in [0.2, 0.25) is 0 Å². The number of carboxylic acids is 1. The number of nitrogens with zero attached hydrogens (tertiary/aromatic N) is 2. The second-order valence-corrected chi connectivity index (χ2v) is 4.82. The molecular formula is C11H18N2O3S. The van der Waals surface area contributed by atoms with Gasteiger partial charge < -0.3 is 14.7 Å². The van der Waals surface area contributed by atoms with Crippen molar-refractivity contribution in [2.24, 2.45) is 0 Å². The molecule has 0 amide bonds. The minimum absolute atomic E-state index is 0.164. The van der Waals surface area contributed by atoms with Crippen molar-refractivity contribution in [1.29, 1.82) is 0 Å². The zero-order chi connectivity index (χ0) is 13.0. The molecule has 0 saturated carbocycles. The SMILES string of the molecule is CCc1nc(N(C)C(C)COC)sc1C(=O)O. The maximum atomic E-state index is 11.0. The van der Waals surface area contributed by atoms with Crippen molar-refractivity contribution >= 4 is 22.4 Å². The molecule has 1 unspecified atom stereocenters. The molecule has 1 heterocycles. The maximum absolute atomic E-state index is 11.0. The van der Waals surface area contributed by atoms with E-state index in [1.54, 1.807) is 7.11 Å². The van der Waals surface area contributed by atoms with Crippen LogP contribution in [0.5, 0.6) is 0 Å². The van der Waals surface area contributed by atoms with Gasteiger partial charge in [0.25, 0.3) is 0 Å². The number of thiazole rings is 1. The van der Waals surface area contributed by atoms with E-state index in [2.05, 4.69) is 4.98 Å². The minimum Gasteiger partial charge on any atom is -0.477 e. The summed E-state index contributed by atoms with van der Waals surface area (Å²) >= 11 is 1.21. The molecule has 17 heavy (non-hydrogen) atoms. The average molecular weight is 258 g/mol. The standard InChI is InChI=1S/C11H18N2O3S/c1-5-8-9(10(14)15)17-11(12-8)13(3)7(2)6-16-4/h7H,5-6H2,1-4H3,(H,14,15). The fourth-order valence-corrected chi connectivity index (χ4v) is 2.50. The van der Waals surface area contributed by atoms with Crippen LogP contribution in [0.3, 0.4) is 0 Å². The molecule has 0 aromatic carbocycles. The van der Waals surface area contributed by atoms with Crippen molar-refractivity contribution in [2.45, 2.75) is 26.3 Å². The van der Waals surface area contributed by atoms with Gasteiger partial charge in [-0.1, -0.05) is 18.3 Å². The third-order valence-electron chi connectivity index (χ3n) is 2.59. The first-order chi connectivity index (χ1) is 8.01. The normalized spacial score (nSPS) is 12.5.